The van der Waals surface area contributed by atoms with Crippen LogP contribution in [0.4, 0.5) is 0 Å². The van der Waals surface area contributed by atoms with Crippen molar-refractivity contribution in [2.45, 2.75) is 32.6 Å². The van der Waals surface area contributed by atoms with Crippen LogP contribution in [0.5, 0.6) is 11.5 Å². The number of halogens is 1. The average molecular weight is 351 g/mol. The fourth-order valence-electron chi connectivity index (χ4n) is 2.20. The lowest BCUT2D eigenvalue weighted by molar-refractivity contribution is 0.306. The highest BCUT2D eigenvalue weighted by molar-refractivity contribution is 9.09. The molecular weight excluding hydrogens is 328 g/mol. The molecular formula is C18H23BrO2. The van der Waals surface area contributed by atoms with E-state index >= 15 is 0 Å². The first kappa shape index (κ1) is 16.2. The van der Waals surface area contributed by atoms with Crippen molar-refractivity contribution in [2.75, 3.05) is 18.5 Å². The van der Waals surface area contributed by atoms with E-state index < -0.39 is 0 Å². The lowest BCUT2D eigenvalue weighted by atomic mass is 10.1. The second-order valence-electron chi connectivity index (χ2n) is 5.05. The van der Waals surface area contributed by atoms with Gasteiger partial charge in [-0.15, -0.1) is 0 Å². The molecule has 0 saturated carbocycles. The average Bonchev–Trinajstić information content (AvgIpc) is 2.53. The summed E-state index contributed by atoms with van der Waals surface area (Å²) in [4.78, 5) is 0. The Morgan fingerprint density at radius 1 is 0.810 bits per heavy atom. The monoisotopic (exact) mass is 350 g/mol. The second-order valence-corrected chi connectivity index (χ2v) is 5.85. The van der Waals surface area contributed by atoms with Gasteiger partial charge in [0.15, 0.2) is 0 Å². The fourth-order valence-corrected chi connectivity index (χ4v) is 2.60. The van der Waals surface area contributed by atoms with Crippen molar-refractivity contribution in [3.63, 3.8) is 0 Å². The molecule has 0 N–H and O–H groups in total. The van der Waals surface area contributed by atoms with Gasteiger partial charge in [-0.3, -0.25) is 0 Å². The van der Waals surface area contributed by atoms with E-state index in [1.54, 1.807) is 0 Å². The van der Waals surface area contributed by atoms with Gasteiger partial charge in [0.25, 0.3) is 0 Å². The maximum Gasteiger partial charge on any atom is 0.127 e. The van der Waals surface area contributed by atoms with Crippen molar-refractivity contribution in [3.05, 3.63) is 36.4 Å². The van der Waals surface area contributed by atoms with E-state index in [0.29, 0.717) is 0 Å². The summed E-state index contributed by atoms with van der Waals surface area (Å²) in [6.07, 6.45) is 4.43. The predicted octanol–water partition coefficient (Wildman–Crippen LogP) is 5.57. The van der Waals surface area contributed by atoms with Crippen LogP contribution in [0.1, 0.15) is 32.6 Å². The van der Waals surface area contributed by atoms with Crippen LogP contribution < -0.4 is 9.47 Å². The standard InChI is InChI=1S/C18H23BrO2/c1-2-3-13-20-17-10-11-18(21-14-7-6-12-19)16-9-5-4-8-15(16)17/h4-5,8-11H,2-3,6-7,12-14H2,1H3. The number of rotatable bonds is 9. The van der Waals surface area contributed by atoms with Gasteiger partial charge in [0, 0.05) is 16.1 Å². The van der Waals surface area contributed by atoms with Gasteiger partial charge in [-0.05, 0) is 31.4 Å². The summed E-state index contributed by atoms with van der Waals surface area (Å²) in [6, 6.07) is 12.3. The van der Waals surface area contributed by atoms with Crippen LogP contribution in [-0.2, 0) is 0 Å². The van der Waals surface area contributed by atoms with E-state index in [4.69, 9.17) is 9.47 Å². The predicted molar refractivity (Wildman–Crippen MR) is 92.9 cm³/mol. The molecule has 0 unspecified atom stereocenters. The maximum absolute atomic E-state index is 5.93. The Morgan fingerprint density at radius 3 is 1.90 bits per heavy atom. The summed E-state index contributed by atoms with van der Waals surface area (Å²) < 4.78 is 11.8. The molecule has 0 aliphatic carbocycles. The quantitative estimate of drug-likeness (QED) is 0.434. The van der Waals surface area contributed by atoms with Gasteiger partial charge in [0.2, 0.25) is 0 Å². The second kappa shape index (κ2) is 8.93. The number of alkyl halides is 1. The van der Waals surface area contributed by atoms with E-state index in [-0.39, 0.29) is 0 Å². The first-order chi connectivity index (χ1) is 10.4. The minimum absolute atomic E-state index is 0.756. The molecule has 0 atom stereocenters. The lowest BCUT2D eigenvalue weighted by Gasteiger charge is -2.13. The molecule has 3 heteroatoms. The Labute approximate surface area is 135 Å². The Kier molecular flexibility index (Phi) is 6.87. The normalized spacial score (nSPS) is 10.8. The van der Waals surface area contributed by atoms with Crippen molar-refractivity contribution < 1.29 is 9.47 Å². The van der Waals surface area contributed by atoms with E-state index in [9.17, 15) is 0 Å². The SMILES string of the molecule is CCCCOc1ccc(OCCCCBr)c2ccccc12. The van der Waals surface area contributed by atoms with Crippen LogP contribution in [0.3, 0.4) is 0 Å². The van der Waals surface area contributed by atoms with Crippen molar-refractivity contribution in [3.8, 4) is 11.5 Å². The molecule has 0 saturated heterocycles. The van der Waals surface area contributed by atoms with E-state index in [0.717, 1.165) is 66.5 Å². The zero-order valence-corrected chi connectivity index (χ0v) is 14.2. The Hall–Kier alpha value is -1.22. The molecule has 2 aromatic carbocycles. The molecule has 0 heterocycles. The highest BCUT2D eigenvalue weighted by atomic mass is 79.9. The van der Waals surface area contributed by atoms with Crippen LogP contribution in [-0.4, -0.2) is 18.5 Å². The summed E-state index contributed by atoms with van der Waals surface area (Å²) in [6.45, 7) is 3.70. The minimum Gasteiger partial charge on any atom is -0.493 e. The van der Waals surface area contributed by atoms with Crippen LogP contribution in [0.15, 0.2) is 36.4 Å². The Morgan fingerprint density at radius 2 is 1.38 bits per heavy atom. The molecule has 0 radical (unpaired) electrons. The Bertz CT molecular complexity index is 554. The number of ether oxygens (including phenoxy) is 2. The van der Waals surface area contributed by atoms with Gasteiger partial charge in [-0.2, -0.15) is 0 Å². The summed E-state index contributed by atoms with van der Waals surface area (Å²) in [5.41, 5.74) is 0. The highest BCUT2D eigenvalue weighted by Crippen LogP contribution is 2.33. The summed E-state index contributed by atoms with van der Waals surface area (Å²) >= 11 is 3.44. The smallest absolute Gasteiger partial charge is 0.127 e. The van der Waals surface area contributed by atoms with Crippen molar-refractivity contribution in [1.29, 1.82) is 0 Å². The summed E-state index contributed by atoms with van der Waals surface area (Å²) in [5, 5.41) is 3.29. The van der Waals surface area contributed by atoms with Crippen molar-refractivity contribution >= 4 is 26.7 Å². The van der Waals surface area contributed by atoms with Crippen molar-refractivity contribution in [2.24, 2.45) is 0 Å². The van der Waals surface area contributed by atoms with Gasteiger partial charge >= 0.3 is 0 Å². The lowest BCUT2D eigenvalue weighted by Crippen LogP contribution is -2.00. The number of hydrogen-bond acceptors (Lipinski definition) is 2. The molecule has 2 aromatic rings. The molecule has 0 fully saturated rings. The number of benzene rings is 2. The number of fused-ring (bicyclic) bond motifs is 1. The van der Waals surface area contributed by atoms with Gasteiger partial charge in [-0.1, -0.05) is 53.5 Å². The molecule has 114 valence electrons. The summed E-state index contributed by atoms with van der Waals surface area (Å²) in [7, 11) is 0. The third kappa shape index (κ3) is 4.63. The van der Waals surface area contributed by atoms with Crippen molar-refractivity contribution in [1.82, 2.24) is 0 Å². The third-order valence-corrected chi connectivity index (χ3v) is 3.95. The first-order valence-corrected chi connectivity index (χ1v) is 8.82. The molecule has 0 aliphatic heterocycles. The zero-order chi connectivity index (χ0) is 14.9. The van der Waals surface area contributed by atoms with Crippen LogP contribution in [0, 0.1) is 0 Å². The zero-order valence-electron chi connectivity index (χ0n) is 12.6. The molecule has 0 aromatic heterocycles. The highest BCUT2D eigenvalue weighted by Gasteiger charge is 2.07. The van der Waals surface area contributed by atoms with Crippen LogP contribution >= 0.6 is 15.9 Å². The van der Waals surface area contributed by atoms with Gasteiger partial charge < -0.3 is 9.47 Å². The van der Waals surface area contributed by atoms with E-state index in [1.165, 1.54) is 0 Å². The number of hydrogen-bond donors (Lipinski definition) is 0. The van der Waals surface area contributed by atoms with Crippen LogP contribution in [0.2, 0.25) is 0 Å². The largest absolute Gasteiger partial charge is 0.493 e. The molecule has 0 aliphatic rings. The minimum atomic E-state index is 0.756. The molecule has 0 spiro atoms. The van der Waals surface area contributed by atoms with Crippen LogP contribution in [0.25, 0.3) is 10.8 Å². The van der Waals surface area contributed by atoms with Gasteiger partial charge in [0.1, 0.15) is 11.5 Å². The van der Waals surface area contributed by atoms with E-state index in [2.05, 4.69) is 35.0 Å². The molecule has 2 nitrogen and oxygen atoms in total. The molecule has 0 amide bonds. The van der Waals surface area contributed by atoms with Gasteiger partial charge in [0.05, 0.1) is 13.2 Å². The Balaban J connectivity index is 2.14. The van der Waals surface area contributed by atoms with E-state index in [1.807, 2.05) is 24.3 Å². The summed E-state index contributed by atoms with van der Waals surface area (Å²) in [5.74, 6) is 1.90. The molecule has 0 bridgehead atoms. The fraction of sp³-hybridized carbons (Fsp3) is 0.444. The number of unbranched alkanes of at least 4 members (excludes halogenated alkanes) is 2. The first-order valence-electron chi connectivity index (χ1n) is 7.70. The molecule has 21 heavy (non-hydrogen) atoms. The topological polar surface area (TPSA) is 18.5 Å². The maximum atomic E-state index is 5.93. The van der Waals surface area contributed by atoms with Gasteiger partial charge in [-0.25, -0.2) is 0 Å². The molecule has 2 rings (SSSR count). The third-order valence-electron chi connectivity index (χ3n) is 3.39.